The predicted octanol–water partition coefficient (Wildman–Crippen LogP) is 1.91. The van der Waals surface area contributed by atoms with Crippen LogP contribution in [0.1, 0.15) is 32.4 Å². The van der Waals surface area contributed by atoms with Gasteiger partial charge in [-0.15, -0.1) is 0 Å². The summed E-state index contributed by atoms with van der Waals surface area (Å²) in [6, 6.07) is 8.08. The van der Waals surface area contributed by atoms with Crippen LogP contribution in [-0.4, -0.2) is 26.0 Å². The van der Waals surface area contributed by atoms with Crippen LogP contribution in [0.25, 0.3) is 0 Å². The Balaban J connectivity index is 2.77. The van der Waals surface area contributed by atoms with E-state index in [1.54, 1.807) is 0 Å². The molecule has 0 spiro atoms. The highest BCUT2D eigenvalue weighted by molar-refractivity contribution is 5.80. The predicted molar refractivity (Wildman–Crippen MR) is 80.1 cm³/mol. The molecule has 1 rings (SSSR count). The Morgan fingerprint density at radius 1 is 1.16 bits per heavy atom. The van der Waals surface area contributed by atoms with E-state index in [0.29, 0.717) is 0 Å². The summed E-state index contributed by atoms with van der Waals surface area (Å²) < 4.78 is 0. The van der Waals surface area contributed by atoms with Gasteiger partial charge in [0, 0.05) is 25.8 Å². The number of primary amides is 1. The molecule has 0 aliphatic carbocycles. The molecular weight excluding hydrogens is 238 g/mol. The van der Waals surface area contributed by atoms with Crippen molar-refractivity contribution in [2.24, 2.45) is 11.7 Å². The van der Waals surface area contributed by atoms with Crippen molar-refractivity contribution in [3.8, 4) is 0 Å². The number of nitrogens with one attached hydrogen (secondary N) is 1. The normalized spacial score (nSPS) is 14.2. The Morgan fingerprint density at radius 2 is 1.68 bits per heavy atom. The van der Waals surface area contributed by atoms with Gasteiger partial charge < -0.3 is 10.6 Å². The lowest BCUT2D eigenvalue weighted by Gasteiger charge is -2.24. The largest absolute Gasteiger partial charge is 0.378 e. The van der Waals surface area contributed by atoms with Crippen LogP contribution in [0, 0.1) is 5.92 Å². The average molecular weight is 263 g/mol. The molecule has 0 saturated heterocycles. The molecule has 19 heavy (non-hydrogen) atoms. The number of carbonyl (C=O) groups excluding carboxylic acids is 1. The maximum absolute atomic E-state index is 11.4. The van der Waals surface area contributed by atoms with Crippen LogP contribution < -0.4 is 16.0 Å². The van der Waals surface area contributed by atoms with Crippen molar-refractivity contribution in [2.75, 3.05) is 19.0 Å². The average Bonchev–Trinajstić information content (AvgIpc) is 2.34. The van der Waals surface area contributed by atoms with Gasteiger partial charge in [0.05, 0.1) is 6.04 Å². The second-order valence-corrected chi connectivity index (χ2v) is 5.50. The maximum atomic E-state index is 11.4. The summed E-state index contributed by atoms with van der Waals surface area (Å²) in [5.74, 6) is -0.118. The first-order valence-electron chi connectivity index (χ1n) is 6.65. The molecule has 0 aromatic heterocycles. The van der Waals surface area contributed by atoms with Gasteiger partial charge in [0.1, 0.15) is 0 Å². The molecule has 1 amide bonds. The molecule has 0 aliphatic rings. The van der Waals surface area contributed by atoms with E-state index >= 15 is 0 Å². The van der Waals surface area contributed by atoms with Gasteiger partial charge in [-0.25, -0.2) is 0 Å². The Hall–Kier alpha value is -1.55. The first kappa shape index (κ1) is 15.5. The Labute approximate surface area is 116 Å². The standard InChI is InChI=1S/C15H25N3O/c1-10(2)14(15(16)19)17-11(3)12-6-8-13(9-7-12)18(4)5/h6-11,14,17H,1-5H3,(H2,16,19). The van der Waals surface area contributed by atoms with Crippen LogP contribution in [0.3, 0.4) is 0 Å². The van der Waals surface area contributed by atoms with Gasteiger partial charge in [-0.3, -0.25) is 10.1 Å². The van der Waals surface area contributed by atoms with E-state index in [4.69, 9.17) is 5.73 Å². The fourth-order valence-electron chi connectivity index (χ4n) is 2.03. The molecule has 2 atom stereocenters. The summed E-state index contributed by atoms with van der Waals surface area (Å²) in [4.78, 5) is 13.5. The van der Waals surface area contributed by atoms with Crippen LogP contribution in [0.4, 0.5) is 5.69 Å². The zero-order valence-electron chi connectivity index (χ0n) is 12.5. The van der Waals surface area contributed by atoms with Crippen molar-refractivity contribution >= 4 is 11.6 Å². The van der Waals surface area contributed by atoms with Gasteiger partial charge >= 0.3 is 0 Å². The van der Waals surface area contributed by atoms with Crippen molar-refractivity contribution in [3.05, 3.63) is 29.8 Å². The van der Waals surface area contributed by atoms with Crippen molar-refractivity contribution < 1.29 is 4.79 Å². The van der Waals surface area contributed by atoms with Gasteiger partial charge in [-0.1, -0.05) is 26.0 Å². The maximum Gasteiger partial charge on any atom is 0.234 e. The van der Waals surface area contributed by atoms with E-state index in [1.165, 1.54) is 0 Å². The third kappa shape index (κ3) is 4.24. The van der Waals surface area contributed by atoms with E-state index in [9.17, 15) is 4.79 Å². The molecule has 1 aromatic carbocycles. The Kier molecular flexibility index (Phi) is 5.36. The molecule has 0 heterocycles. The highest BCUT2D eigenvalue weighted by Crippen LogP contribution is 2.19. The van der Waals surface area contributed by atoms with Crippen LogP contribution in [0.15, 0.2) is 24.3 Å². The van der Waals surface area contributed by atoms with Crippen molar-refractivity contribution in [3.63, 3.8) is 0 Å². The number of nitrogens with two attached hydrogens (primary N) is 1. The number of nitrogens with zero attached hydrogens (tertiary/aromatic N) is 1. The lowest BCUT2D eigenvalue weighted by atomic mass is 10.0. The van der Waals surface area contributed by atoms with Crippen LogP contribution in [0.5, 0.6) is 0 Å². The summed E-state index contributed by atoms with van der Waals surface area (Å²) in [5.41, 5.74) is 7.73. The monoisotopic (exact) mass is 263 g/mol. The fourth-order valence-corrected chi connectivity index (χ4v) is 2.03. The molecule has 0 radical (unpaired) electrons. The molecule has 0 saturated carbocycles. The van der Waals surface area contributed by atoms with Crippen molar-refractivity contribution in [1.82, 2.24) is 5.32 Å². The third-order valence-corrected chi connectivity index (χ3v) is 3.31. The molecule has 3 N–H and O–H groups in total. The van der Waals surface area contributed by atoms with Gasteiger partial charge in [-0.05, 0) is 30.5 Å². The molecule has 4 nitrogen and oxygen atoms in total. The van der Waals surface area contributed by atoms with Crippen molar-refractivity contribution in [2.45, 2.75) is 32.9 Å². The minimum atomic E-state index is -0.302. The molecule has 0 bridgehead atoms. The highest BCUT2D eigenvalue weighted by atomic mass is 16.1. The summed E-state index contributed by atoms with van der Waals surface area (Å²) >= 11 is 0. The van der Waals surface area contributed by atoms with E-state index < -0.39 is 0 Å². The van der Waals surface area contributed by atoms with Crippen LogP contribution in [0.2, 0.25) is 0 Å². The van der Waals surface area contributed by atoms with Gasteiger partial charge in [-0.2, -0.15) is 0 Å². The molecule has 4 heteroatoms. The van der Waals surface area contributed by atoms with E-state index in [-0.39, 0.29) is 23.9 Å². The molecule has 1 aromatic rings. The number of carbonyl (C=O) groups is 1. The van der Waals surface area contributed by atoms with Gasteiger partial charge in [0.25, 0.3) is 0 Å². The van der Waals surface area contributed by atoms with Gasteiger partial charge in [0.2, 0.25) is 5.91 Å². The van der Waals surface area contributed by atoms with Crippen molar-refractivity contribution in [1.29, 1.82) is 0 Å². The number of hydrogen-bond donors (Lipinski definition) is 2. The zero-order chi connectivity index (χ0) is 14.6. The highest BCUT2D eigenvalue weighted by Gasteiger charge is 2.21. The van der Waals surface area contributed by atoms with Crippen LogP contribution >= 0.6 is 0 Å². The molecule has 106 valence electrons. The molecular formula is C15H25N3O. The first-order valence-corrected chi connectivity index (χ1v) is 6.65. The van der Waals surface area contributed by atoms with E-state index in [1.807, 2.05) is 34.9 Å². The molecule has 0 aliphatic heterocycles. The second-order valence-electron chi connectivity index (χ2n) is 5.50. The number of benzene rings is 1. The van der Waals surface area contributed by atoms with E-state index in [0.717, 1.165) is 11.3 Å². The number of amides is 1. The number of rotatable bonds is 6. The summed E-state index contributed by atoms with van der Waals surface area (Å²) in [7, 11) is 4.02. The van der Waals surface area contributed by atoms with E-state index in [2.05, 4.69) is 34.5 Å². The topological polar surface area (TPSA) is 58.4 Å². The minimum absolute atomic E-state index is 0.0936. The smallest absolute Gasteiger partial charge is 0.234 e. The number of anilines is 1. The minimum Gasteiger partial charge on any atom is -0.378 e. The summed E-state index contributed by atoms with van der Waals surface area (Å²) in [6.07, 6.45) is 0. The lowest BCUT2D eigenvalue weighted by Crippen LogP contribution is -2.45. The molecule has 0 fully saturated rings. The van der Waals surface area contributed by atoms with Gasteiger partial charge in [0.15, 0.2) is 0 Å². The number of hydrogen-bond acceptors (Lipinski definition) is 3. The quantitative estimate of drug-likeness (QED) is 0.824. The Bertz CT molecular complexity index is 412. The fraction of sp³-hybridized carbons (Fsp3) is 0.533. The molecule has 2 unspecified atom stereocenters. The summed E-state index contributed by atoms with van der Waals surface area (Å²) in [6.45, 7) is 6.03. The lowest BCUT2D eigenvalue weighted by molar-refractivity contribution is -0.121. The third-order valence-electron chi connectivity index (χ3n) is 3.31. The SMILES string of the molecule is CC(NC(C(N)=O)C(C)C)c1ccc(N(C)C)cc1. The summed E-state index contributed by atoms with van der Waals surface area (Å²) in [5, 5.41) is 3.29. The van der Waals surface area contributed by atoms with Crippen LogP contribution in [-0.2, 0) is 4.79 Å². The zero-order valence-corrected chi connectivity index (χ0v) is 12.5. The Morgan fingerprint density at radius 3 is 2.05 bits per heavy atom. The first-order chi connectivity index (χ1) is 8.82. The second kappa shape index (κ2) is 6.57.